The van der Waals surface area contributed by atoms with Crippen molar-refractivity contribution in [3.05, 3.63) is 198 Å². The van der Waals surface area contributed by atoms with Crippen molar-refractivity contribution in [2.45, 2.75) is 117 Å². The van der Waals surface area contributed by atoms with Gasteiger partial charge in [0.05, 0.1) is 61.0 Å². The predicted molar refractivity (Wildman–Crippen MR) is 296 cm³/mol. The molecule has 7 rings (SSSR count). The molecule has 2 heterocycles. The Labute approximate surface area is 441 Å². The van der Waals surface area contributed by atoms with Gasteiger partial charge in [-0.25, -0.2) is 0 Å². The van der Waals surface area contributed by atoms with E-state index in [-0.39, 0.29) is 0 Å². The van der Waals surface area contributed by atoms with E-state index in [9.17, 15) is 0 Å². The number of fused-ring (bicyclic) bond motifs is 8. The van der Waals surface area contributed by atoms with Gasteiger partial charge in [-0.05, 0) is 195 Å². The molecule has 0 unspecified atom stereocenters. The molecule has 0 N–H and O–H groups in total. The molecule has 384 valence electrons. The van der Waals surface area contributed by atoms with Gasteiger partial charge in [0.1, 0.15) is 0 Å². The van der Waals surface area contributed by atoms with Crippen molar-refractivity contribution in [1.29, 1.82) is 0 Å². The molecule has 1 aliphatic rings. The van der Waals surface area contributed by atoms with Crippen molar-refractivity contribution in [1.82, 2.24) is 19.8 Å². The highest BCUT2D eigenvalue weighted by molar-refractivity contribution is 6.17. The van der Waals surface area contributed by atoms with Gasteiger partial charge >= 0.3 is 0 Å². The average Bonchev–Trinajstić information content (AvgIpc) is 3.37. The maximum absolute atomic E-state index is 6.25. The van der Waals surface area contributed by atoms with Crippen molar-refractivity contribution >= 4 is 23.2 Å². The van der Waals surface area contributed by atoms with Crippen molar-refractivity contribution in [2.24, 2.45) is 0 Å². The largest absolute Gasteiger partial charge is 0.381 e. The van der Waals surface area contributed by atoms with Gasteiger partial charge in [0.15, 0.2) is 0 Å². The number of hydrogen-bond donors (Lipinski definition) is 0. The monoisotopic (exact) mass is 1010 g/mol. The van der Waals surface area contributed by atoms with Crippen LogP contribution < -0.4 is 0 Å². The number of hydrogen-bond acceptors (Lipinski definition) is 8. The Morgan fingerprint density at radius 2 is 0.667 bits per heavy atom. The fraction of sp³-hybridized carbons (Fsp3) is 0.452. The second-order valence-corrected chi connectivity index (χ2v) is 19.8. The summed E-state index contributed by atoms with van der Waals surface area (Å²) in [5.41, 5.74) is 22.8. The van der Waals surface area contributed by atoms with Gasteiger partial charge in [0.2, 0.25) is 0 Å². The second kappa shape index (κ2) is 28.8. The molecule has 0 spiro atoms. The molecule has 0 amide bonds. The SMILES string of the molecule is CCOCCc1c2cccc1Cc1cc(CN(C)Cc3cccc(CCl)n3)cc(c1CCOCC)Cc1cc(CN(C)Cc3cccc(CCl)n3)cc(c1CCOCC)Cc1cccc(c1CCOCC)C2. The van der Waals surface area contributed by atoms with Gasteiger partial charge in [0.25, 0.3) is 0 Å². The van der Waals surface area contributed by atoms with Crippen LogP contribution in [0.4, 0.5) is 0 Å². The third-order valence-corrected chi connectivity index (χ3v) is 14.4. The molecule has 1 aliphatic carbocycles. The molecule has 8 bridgehead atoms. The van der Waals surface area contributed by atoms with Crippen LogP contribution in [0.15, 0.2) is 97.1 Å². The fourth-order valence-electron chi connectivity index (χ4n) is 10.6. The first kappa shape index (κ1) is 55.3. The molecule has 10 heteroatoms. The van der Waals surface area contributed by atoms with Gasteiger partial charge in [-0.1, -0.05) is 72.8 Å². The van der Waals surface area contributed by atoms with Crippen LogP contribution in [0.5, 0.6) is 0 Å². The molecular formula is C62H78Cl2N4O4. The van der Waals surface area contributed by atoms with E-state index in [1.54, 1.807) is 0 Å². The van der Waals surface area contributed by atoms with Gasteiger partial charge in [-0.3, -0.25) is 19.8 Å². The maximum Gasteiger partial charge on any atom is 0.0647 e. The van der Waals surface area contributed by atoms with E-state index >= 15 is 0 Å². The lowest BCUT2D eigenvalue weighted by Gasteiger charge is -2.25. The molecule has 0 saturated heterocycles. The highest BCUT2D eigenvalue weighted by atomic mass is 35.5. The second-order valence-electron chi connectivity index (χ2n) is 19.2. The lowest BCUT2D eigenvalue weighted by molar-refractivity contribution is 0.150. The van der Waals surface area contributed by atoms with Crippen LogP contribution in [0.3, 0.4) is 0 Å². The average molecular weight is 1010 g/mol. The zero-order valence-corrected chi connectivity index (χ0v) is 45.5. The first-order valence-electron chi connectivity index (χ1n) is 26.4. The van der Waals surface area contributed by atoms with Crippen LogP contribution in [-0.4, -0.2) is 86.7 Å². The molecule has 0 aliphatic heterocycles. The van der Waals surface area contributed by atoms with E-state index in [4.69, 9.17) is 52.1 Å². The molecule has 0 fully saturated rings. The third-order valence-electron chi connectivity index (χ3n) is 13.8. The van der Waals surface area contributed by atoms with Crippen LogP contribution in [0, 0.1) is 0 Å². The lowest BCUT2D eigenvalue weighted by atomic mass is 9.82. The van der Waals surface area contributed by atoms with E-state index < -0.39 is 0 Å². The van der Waals surface area contributed by atoms with E-state index in [2.05, 4.69) is 137 Å². The summed E-state index contributed by atoms with van der Waals surface area (Å²) in [6, 6.07) is 36.3. The topological polar surface area (TPSA) is 69.2 Å². The van der Waals surface area contributed by atoms with Crippen molar-refractivity contribution in [3.63, 3.8) is 0 Å². The number of alkyl halides is 2. The van der Waals surface area contributed by atoms with Crippen LogP contribution in [0.2, 0.25) is 0 Å². The van der Waals surface area contributed by atoms with Crippen molar-refractivity contribution in [3.8, 4) is 0 Å². The summed E-state index contributed by atoms with van der Waals surface area (Å²) >= 11 is 12.5. The number of halogens is 2. The Hall–Kier alpha value is -4.48. The molecule has 0 atom stereocenters. The summed E-state index contributed by atoms with van der Waals surface area (Å²) in [6.07, 6.45) is 6.59. The Bertz CT molecular complexity index is 2480. The summed E-state index contributed by atoms with van der Waals surface area (Å²) in [5.74, 6) is 0.793. The van der Waals surface area contributed by atoms with Crippen LogP contribution in [0.25, 0.3) is 0 Å². The minimum atomic E-state index is 0.396. The van der Waals surface area contributed by atoms with Crippen LogP contribution >= 0.6 is 23.2 Å². The van der Waals surface area contributed by atoms with Gasteiger partial charge in [-0.2, -0.15) is 0 Å². The molecular weight excluding hydrogens is 936 g/mol. The number of ether oxygens (including phenoxy) is 4. The Balaban J connectivity index is 1.45. The van der Waals surface area contributed by atoms with Crippen LogP contribution in [-0.2, 0) is 108 Å². The number of nitrogens with zero attached hydrogens (tertiary/aromatic N) is 4. The number of aromatic nitrogens is 2. The summed E-state index contributed by atoms with van der Waals surface area (Å²) in [5, 5.41) is 0. The van der Waals surface area contributed by atoms with Gasteiger partial charge in [-0.15, -0.1) is 23.2 Å². The summed E-state index contributed by atoms with van der Waals surface area (Å²) in [7, 11) is 4.39. The van der Waals surface area contributed by atoms with Gasteiger partial charge in [0, 0.05) is 52.6 Å². The predicted octanol–water partition coefficient (Wildman–Crippen LogP) is 12.2. The highest BCUT2D eigenvalue weighted by Crippen LogP contribution is 2.33. The van der Waals surface area contributed by atoms with E-state index in [0.717, 1.165) is 87.2 Å². The quantitative estimate of drug-likeness (QED) is 0.0393. The highest BCUT2D eigenvalue weighted by Gasteiger charge is 2.22. The van der Waals surface area contributed by atoms with E-state index in [0.29, 0.717) is 77.7 Å². The zero-order chi connectivity index (χ0) is 50.7. The maximum atomic E-state index is 6.25. The van der Waals surface area contributed by atoms with E-state index in [1.165, 1.54) is 77.9 Å². The standard InChI is InChI=1S/C62H78Cl2N4O4/c1-7-69-27-23-59-47-15-11-17-49(59)36-51-31-45(41-67(5)43-57-21-13-19-55(39-63)65-57)33-53(61(51)25-29-71-9-3)38-54-34-46(42-68(6)44-58-22-14-20-56(40-64)66-58)32-52(62(54)26-30-72-10-4)37-50-18-12-16-48(35-47)60(50)24-28-70-8-2/h11-22,31-34H,7-10,23-30,35-44H2,1-6H3. The molecule has 2 aromatic heterocycles. The summed E-state index contributed by atoms with van der Waals surface area (Å²) < 4.78 is 24.7. The van der Waals surface area contributed by atoms with Crippen molar-refractivity contribution in [2.75, 3.05) is 67.0 Å². The first-order valence-corrected chi connectivity index (χ1v) is 27.4. The Morgan fingerprint density at radius 3 is 0.986 bits per heavy atom. The lowest BCUT2D eigenvalue weighted by Crippen LogP contribution is -2.20. The molecule has 6 aromatic rings. The normalized spacial score (nSPS) is 12.6. The number of benzene rings is 4. The Kier molecular flexibility index (Phi) is 22.1. The number of rotatable bonds is 26. The minimum absolute atomic E-state index is 0.396. The number of pyridine rings is 2. The summed E-state index contributed by atoms with van der Waals surface area (Å²) in [6.45, 7) is 16.7. The molecule has 72 heavy (non-hydrogen) atoms. The minimum Gasteiger partial charge on any atom is -0.381 e. The molecule has 0 radical (unpaired) electrons. The molecule has 8 nitrogen and oxygen atoms in total. The zero-order valence-electron chi connectivity index (χ0n) is 44.0. The molecule has 0 saturated carbocycles. The van der Waals surface area contributed by atoms with E-state index in [1.807, 2.05) is 12.1 Å². The van der Waals surface area contributed by atoms with Crippen molar-refractivity contribution < 1.29 is 18.9 Å². The summed E-state index contributed by atoms with van der Waals surface area (Å²) in [4.78, 5) is 14.5. The smallest absolute Gasteiger partial charge is 0.0647 e. The fourth-order valence-corrected chi connectivity index (χ4v) is 10.9. The van der Waals surface area contributed by atoms with Gasteiger partial charge < -0.3 is 18.9 Å². The van der Waals surface area contributed by atoms with Crippen LogP contribution in [0.1, 0.15) is 128 Å². The third kappa shape index (κ3) is 15.8. The first-order chi connectivity index (χ1) is 35.2. The molecule has 4 aromatic carbocycles. The Morgan fingerprint density at radius 1 is 0.389 bits per heavy atom.